The molecule has 0 unspecified atom stereocenters. The number of hydrogen-bond donors (Lipinski definition) is 1. The fraction of sp³-hybridized carbons (Fsp3) is 0.240. The first-order valence-corrected chi connectivity index (χ1v) is 10.8. The minimum absolute atomic E-state index is 0.0910. The maximum atomic E-state index is 12.6. The molecule has 1 N–H and O–H groups in total. The Hall–Kier alpha value is -3.38. The molecule has 6 nitrogen and oxygen atoms in total. The molecule has 32 heavy (non-hydrogen) atoms. The molecule has 4 aromatic rings. The summed E-state index contributed by atoms with van der Waals surface area (Å²) in [6.45, 7) is 6.01. The Bertz CT molecular complexity index is 1300. The van der Waals surface area contributed by atoms with Gasteiger partial charge in [0.1, 0.15) is 5.75 Å². The number of aromatic nitrogens is 3. The number of methoxy groups -OCH3 is 1. The number of nitrogens with zero attached hydrogens (tertiary/aromatic N) is 3. The van der Waals surface area contributed by atoms with E-state index in [1.54, 1.807) is 25.3 Å². The molecule has 0 fully saturated rings. The molecule has 0 aliphatic heterocycles. The fourth-order valence-electron chi connectivity index (χ4n) is 3.98. The van der Waals surface area contributed by atoms with E-state index in [1.165, 1.54) is 0 Å². The highest BCUT2D eigenvalue weighted by molar-refractivity contribution is 6.32. The maximum absolute atomic E-state index is 12.6. The zero-order valence-electron chi connectivity index (χ0n) is 18.6. The van der Waals surface area contributed by atoms with Crippen molar-refractivity contribution < 1.29 is 9.53 Å². The number of fused-ring (bicyclic) bond motifs is 1. The van der Waals surface area contributed by atoms with Gasteiger partial charge in [-0.15, -0.1) is 0 Å². The van der Waals surface area contributed by atoms with E-state index in [4.69, 9.17) is 26.4 Å². The van der Waals surface area contributed by atoms with Crippen LogP contribution >= 0.6 is 11.6 Å². The number of ether oxygens (including phenoxy) is 1. The van der Waals surface area contributed by atoms with Gasteiger partial charge in [-0.05, 0) is 56.5 Å². The molecule has 2 aromatic heterocycles. The van der Waals surface area contributed by atoms with Gasteiger partial charge in [-0.1, -0.05) is 41.9 Å². The lowest BCUT2D eigenvalue weighted by Crippen LogP contribution is -2.14. The van der Waals surface area contributed by atoms with Crippen LogP contribution < -0.4 is 10.1 Å². The molecule has 164 valence electrons. The molecule has 4 rings (SSSR count). The van der Waals surface area contributed by atoms with Crippen molar-refractivity contribution in [2.24, 2.45) is 0 Å². The summed E-state index contributed by atoms with van der Waals surface area (Å²) < 4.78 is 7.04. The van der Waals surface area contributed by atoms with Gasteiger partial charge in [0.15, 0.2) is 5.65 Å². The Balaban J connectivity index is 1.56. The van der Waals surface area contributed by atoms with Crippen LogP contribution in [-0.4, -0.2) is 27.6 Å². The number of anilines is 1. The number of rotatable bonds is 6. The molecule has 0 saturated heterocycles. The molecule has 0 bridgehead atoms. The van der Waals surface area contributed by atoms with Gasteiger partial charge in [-0.2, -0.15) is 5.10 Å². The van der Waals surface area contributed by atoms with Crippen molar-refractivity contribution in [3.8, 4) is 16.9 Å². The Morgan fingerprint density at radius 1 is 1.09 bits per heavy atom. The molecule has 0 aliphatic carbocycles. The van der Waals surface area contributed by atoms with E-state index in [2.05, 4.69) is 17.4 Å². The molecule has 0 spiro atoms. The van der Waals surface area contributed by atoms with Gasteiger partial charge in [-0.3, -0.25) is 4.79 Å². The second-order valence-electron chi connectivity index (χ2n) is 7.72. The summed E-state index contributed by atoms with van der Waals surface area (Å²) in [5, 5.41) is 8.09. The average molecular weight is 449 g/mol. The van der Waals surface area contributed by atoms with Crippen LogP contribution in [0.15, 0.2) is 48.5 Å². The van der Waals surface area contributed by atoms with Gasteiger partial charge < -0.3 is 10.1 Å². The van der Waals surface area contributed by atoms with Crippen molar-refractivity contribution >= 4 is 28.8 Å². The molecule has 0 aliphatic rings. The van der Waals surface area contributed by atoms with E-state index in [0.717, 1.165) is 39.4 Å². The van der Waals surface area contributed by atoms with Crippen molar-refractivity contribution in [2.75, 3.05) is 12.4 Å². The number of carbonyl (C=O) groups excluding carboxylic acids is 1. The van der Waals surface area contributed by atoms with Crippen LogP contribution in [0, 0.1) is 20.8 Å². The van der Waals surface area contributed by atoms with E-state index in [1.807, 2.05) is 43.5 Å². The van der Waals surface area contributed by atoms with Crippen molar-refractivity contribution in [2.45, 2.75) is 33.6 Å². The average Bonchev–Trinajstić information content (AvgIpc) is 3.10. The predicted molar refractivity (Wildman–Crippen MR) is 128 cm³/mol. The lowest BCUT2D eigenvalue weighted by molar-refractivity contribution is -0.116. The summed E-state index contributed by atoms with van der Waals surface area (Å²) >= 11 is 6.15. The molecular formula is C25H25ClN4O2. The standard InChI is InChI=1S/C25H25ClN4O2/c1-15-20(11-13-23(31)28-19-10-12-22(32-4)21(26)14-19)17(3)30-25(27-15)24(16(2)29-30)18-8-6-5-7-9-18/h5-10,12,14H,11,13H2,1-4H3,(H,28,31). The first kappa shape index (κ1) is 21.8. The summed E-state index contributed by atoms with van der Waals surface area (Å²) in [6, 6.07) is 15.3. The van der Waals surface area contributed by atoms with Gasteiger partial charge in [0.25, 0.3) is 0 Å². The van der Waals surface area contributed by atoms with Crippen molar-refractivity contribution in [3.63, 3.8) is 0 Å². The zero-order valence-corrected chi connectivity index (χ0v) is 19.3. The van der Waals surface area contributed by atoms with Gasteiger partial charge in [0.05, 0.1) is 17.8 Å². The predicted octanol–water partition coefficient (Wildman–Crippen LogP) is 5.55. The third kappa shape index (κ3) is 4.18. The Morgan fingerprint density at radius 3 is 2.53 bits per heavy atom. The van der Waals surface area contributed by atoms with Crippen molar-refractivity contribution in [1.29, 1.82) is 0 Å². The minimum Gasteiger partial charge on any atom is -0.495 e. The second-order valence-corrected chi connectivity index (χ2v) is 8.13. The first-order valence-electron chi connectivity index (χ1n) is 10.4. The third-order valence-corrected chi connectivity index (χ3v) is 5.90. The number of carbonyl (C=O) groups is 1. The quantitative estimate of drug-likeness (QED) is 0.419. The first-order chi connectivity index (χ1) is 15.4. The van der Waals surface area contributed by atoms with Gasteiger partial charge in [0, 0.05) is 29.1 Å². The molecule has 0 radical (unpaired) electrons. The van der Waals surface area contributed by atoms with Crippen molar-refractivity contribution in [3.05, 3.63) is 76.2 Å². The Labute approximate surface area is 192 Å². The van der Waals surface area contributed by atoms with E-state index in [-0.39, 0.29) is 5.91 Å². The molecule has 0 saturated carbocycles. The van der Waals surface area contributed by atoms with Gasteiger partial charge in [-0.25, -0.2) is 9.50 Å². The van der Waals surface area contributed by atoms with Crippen LogP contribution in [0.25, 0.3) is 16.8 Å². The highest BCUT2D eigenvalue weighted by Crippen LogP contribution is 2.30. The van der Waals surface area contributed by atoms with Gasteiger partial charge >= 0.3 is 0 Å². The van der Waals surface area contributed by atoms with Crippen LogP contribution in [0.4, 0.5) is 5.69 Å². The third-order valence-electron chi connectivity index (χ3n) is 5.60. The number of hydrogen-bond acceptors (Lipinski definition) is 4. The molecule has 1 amide bonds. The number of amides is 1. The summed E-state index contributed by atoms with van der Waals surface area (Å²) in [6.07, 6.45) is 0.889. The number of benzene rings is 2. The van der Waals surface area contributed by atoms with Crippen LogP contribution in [0.2, 0.25) is 5.02 Å². The lowest BCUT2D eigenvalue weighted by Gasteiger charge is -2.12. The summed E-state index contributed by atoms with van der Waals surface area (Å²) in [7, 11) is 1.55. The maximum Gasteiger partial charge on any atom is 0.224 e. The van der Waals surface area contributed by atoms with Gasteiger partial charge in [0.2, 0.25) is 5.91 Å². The second kappa shape index (κ2) is 9.01. The monoisotopic (exact) mass is 448 g/mol. The SMILES string of the molecule is COc1ccc(NC(=O)CCc2c(C)nc3c(-c4ccccc4)c(C)nn3c2C)cc1Cl. The van der Waals surface area contributed by atoms with Crippen LogP contribution in [-0.2, 0) is 11.2 Å². The number of nitrogens with one attached hydrogen (secondary N) is 1. The normalized spacial score (nSPS) is 11.0. The van der Waals surface area contributed by atoms with Crippen LogP contribution in [0.5, 0.6) is 5.75 Å². The highest BCUT2D eigenvalue weighted by atomic mass is 35.5. The van der Waals surface area contributed by atoms with E-state index >= 15 is 0 Å². The minimum atomic E-state index is -0.0910. The molecule has 0 atom stereocenters. The van der Waals surface area contributed by atoms with Crippen LogP contribution in [0.1, 0.15) is 29.1 Å². The molecule has 7 heteroatoms. The summed E-state index contributed by atoms with van der Waals surface area (Å²) in [4.78, 5) is 17.4. The van der Waals surface area contributed by atoms with E-state index in [0.29, 0.717) is 29.3 Å². The molecule has 2 aromatic carbocycles. The fourth-order valence-corrected chi connectivity index (χ4v) is 4.24. The smallest absolute Gasteiger partial charge is 0.224 e. The zero-order chi connectivity index (χ0) is 22.8. The van der Waals surface area contributed by atoms with Crippen molar-refractivity contribution in [1.82, 2.24) is 14.6 Å². The van der Waals surface area contributed by atoms with Crippen LogP contribution in [0.3, 0.4) is 0 Å². The molecular weight excluding hydrogens is 424 g/mol. The lowest BCUT2D eigenvalue weighted by atomic mass is 10.0. The largest absolute Gasteiger partial charge is 0.495 e. The molecule has 2 heterocycles. The topological polar surface area (TPSA) is 68.5 Å². The Kier molecular flexibility index (Phi) is 6.15. The summed E-state index contributed by atoms with van der Waals surface area (Å²) in [5.41, 5.74) is 7.47. The Morgan fingerprint density at radius 2 is 1.84 bits per heavy atom. The highest BCUT2D eigenvalue weighted by Gasteiger charge is 2.18. The van der Waals surface area contributed by atoms with E-state index < -0.39 is 0 Å². The summed E-state index contributed by atoms with van der Waals surface area (Å²) in [5.74, 6) is 0.478. The van der Waals surface area contributed by atoms with E-state index in [9.17, 15) is 4.79 Å². The number of aryl methyl sites for hydroxylation is 3. The number of halogens is 1.